The molecule has 4 N–H and O–H groups in total. The number of hydrogen-bond acceptors (Lipinski definition) is 4. The molecule has 0 amide bonds. The number of hydrogen-bond donors (Lipinski definition) is 4. The molecule has 0 saturated carbocycles. The summed E-state index contributed by atoms with van der Waals surface area (Å²) in [6, 6.07) is 0. The second-order valence-corrected chi connectivity index (χ2v) is 2.44. The summed E-state index contributed by atoms with van der Waals surface area (Å²) in [5, 5.41) is 25.9. The third-order valence-corrected chi connectivity index (χ3v) is 1.20. The van der Waals surface area contributed by atoms with Gasteiger partial charge >= 0.3 is 0 Å². The second-order valence-electron chi connectivity index (χ2n) is 2.44. The zero-order chi connectivity index (χ0) is 7.98. The van der Waals surface area contributed by atoms with E-state index in [1.165, 1.54) is 0 Å². The van der Waals surface area contributed by atoms with E-state index in [9.17, 15) is 0 Å². The largest absolute Gasteiger partial charge is 0.393 e. The van der Waals surface area contributed by atoms with Gasteiger partial charge in [-0.3, -0.25) is 0 Å². The number of aliphatic hydroxyl groups excluding tert-OH is 2. The van der Waals surface area contributed by atoms with E-state index in [1.54, 1.807) is 6.92 Å². The lowest BCUT2D eigenvalue weighted by atomic mass is 10.1. The third kappa shape index (κ3) is 5.97. The van der Waals surface area contributed by atoms with Crippen LogP contribution in [0.3, 0.4) is 0 Å². The molecular formula is C6H15NO3. The van der Waals surface area contributed by atoms with Crippen molar-refractivity contribution in [2.45, 2.75) is 32.0 Å². The molecule has 0 spiro atoms. The Bertz CT molecular complexity index is 77.4. The molecule has 0 aliphatic carbocycles. The van der Waals surface area contributed by atoms with E-state index in [2.05, 4.69) is 0 Å². The summed E-state index contributed by atoms with van der Waals surface area (Å²) in [7, 11) is 0. The Labute approximate surface area is 60.5 Å². The van der Waals surface area contributed by atoms with Crippen LogP contribution >= 0.6 is 0 Å². The Morgan fingerprint density at radius 3 is 2.40 bits per heavy atom. The number of nitrogens with one attached hydrogen (secondary N) is 1. The average Bonchev–Trinajstić information content (AvgIpc) is 1.82. The zero-order valence-electron chi connectivity index (χ0n) is 6.12. The molecule has 0 saturated heterocycles. The normalized spacial score (nSPS) is 16.8. The summed E-state index contributed by atoms with van der Waals surface area (Å²) in [5.74, 6) is 0. The molecule has 2 unspecified atom stereocenters. The first-order valence-electron chi connectivity index (χ1n) is 3.40. The minimum atomic E-state index is -0.528. The minimum absolute atomic E-state index is 0.355. The van der Waals surface area contributed by atoms with Gasteiger partial charge in [-0.2, -0.15) is 0 Å². The van der Waals surface area contributed by atoms with E-state index < -0.39 is 12.2 Å². The topological polar surface area (TPSA) is 72.7 Å². The van der Waals surface area contributed by atoms with Crippen LogP contribution in [0.2, 0.25) is 0 Å². The van der Waals surface area contributed by atoms with Crippen molar-refractivity contribution in [3.63, 3.8) is 0 Å². The van der Waals surface area contributed by atoms with Gasteiger partial charge < -0.3 is 15.4 Å². The predicted octanol–water partition coefficient (Wildman–Crippen LogP) is -0.513. The maximum atomic E-state index is 9.04. The molecule has 0 heterocycles. The van der Waals surface area contributed by atoms with Gasteiger partial charge in [-0.25, -0.2) is 5.48 Å². The molecule has 0 radical (unpaired) electrons. The van der Waals surface area contributed by atoms with E-state index in [0.29, 0.717) is 19.4 Å². The Hall–Kier alpha value is -0.160. The monoisotopic (exact) mass is 149 g/mol. The summed E-state index contributed by atoms with van der Waals surface area (Å²) in [6.45, 7) is 1.98. The minimum Gasteiger partial charge on any atom is -0.393 e. The summed E-state index contributed by atoms with van der Waals surface area (Å²) >= 11 is 0. The third-order valence-electron chi connectivity index (χ3n) is 1.20. The van der Waals surface area contributed by atoms with Crippen molar-refractivity contribution in [1.82, 2.24) is 5.48 Å². The van der Waals surface area contributed by atoms with E-state index in [-0.39, 0.29) is 0 Å². The highest BCUT2D eigenvalue weighted by atomic mass is 16.5. The standard InChI is InChI=1S/C6H15NO3/c1-5(8)4-6(9)2-3-7-10/h5-10H,2-4H2,1H3. The van der Waals surface area contributed by atoms with E-state index in [0.717, 1.165) is 0 Å². The fourth-order valence-corrected chi connectivity index (χ4v) is 0.743. The lowest BCUT2D eigenvalue weighted by Crippen LogP contribution is -2.20. The van der Waals surface area contributed by atoms with Crippen LogP contribution in [0.25, 0.3) is 0 Å². The number of hydroxylamine groups is 1. The van der Waals surface area contributed by atoms with Gasteiger partial charge in [-0.1, -0.05) is 0 Å². The van der Waals surface area contributed by atoms with Gasteiger partial charge in [-0.05, 0) is 19.8 Å². The molecule has 0 fully saturated rings. The highest BCUT2D eigenvalue weighted by Gasteiger charge is 2.06. The SMILES string of the molecule is CC(O)CC(O)CCNO. The van der Waals surface area contributed by atoms with Crippen molar-refractivity contribution in [2.75, 3.05) is 6.54 Å². The molecule has 2 atom stereocenters. The van der Waals surface area contributed by atoms with Gasteiger partial charge in [0, 0.05) is 6.54 Å². The highest BCUT2D eigenvalue weighted by molar-refractivity contribution is 4.59. The molecule has 4 nitrogen and oxygen atoms in total. The zero-order valence-corrected chi connectivity index (χ0v) is 6.12. The van der Waals surface area contributed by atoms with Gasteiger partial charge in [-0.15, -0.1) is 0 Å². The molecule has 0 aromatic heterocycles. The van der Waals surface area contributed by atoms with E-state index >= 15 is 0 Å². The van der Waals surface area contributed by atoms with Crippen molar-refractivity contribution < 1.29 is 15.4 Å². The van der Waals surface area contributed by atoms with Crippen LogP contribution in [0.4, 0.5) is 0 Å². The van der Waals surface area contributed by atoms with Crippen molar-refractivity contribution in [3.8, 4) is 0 Å². The summed E-state index contributed by atoms with van der Waals surface area (Å²) in [5.41, 5.74) is 1.93. The van der Waals surface area contributed by atoms with Crippen molar-refractivity contribution in [2.24, 2.45) is 0 Å². The van der Waals surface area contributed by atoms with Gasteiger partial charge in [0.15, 0.2) is 0 Å². The Kier molecular flexibility index (Phi) is 5.52. The van der Waals surface area contributed by atoms with Gasteiger partial charge in [0.05, 0.1) is 12.2 Å². The quantitative estimate of drug-likeness (QED) is 0.397. The van der Waals surface area contributed by atoms with Crippen molar-refractivity contribution >= 4 is 0 Å². The maximum Gasteiger partial charge on any atom is 0.0577 e. The van der Waals surface area contributed by atoms with Gasteiger partial charge in [0.2, 0.25) is 0 Å². The number of aliphatic hydroxyl groups is 2. The first-order valence-corrected chi connectivity index (χ1v) is 3.40. The van der Waals surface area contributed by atoms with Gasteiger partial charge in [0.25, 0.3) is 0 Å². The summed E-state index contributed by atoms with van der Waals surface area (Å²) in [6.07, 6.45) is -0.184. The first kappa shape index (κ1) is 9.84. The lowest BCUT2D eigenvalue weighted by Gasteiger charge is -2.10. The Morgan fingerprint density at radius 2 is 2.00 bits per heavy atom. The summed E-state index contributed by atoms with van der Waals surface area (Å²) in [4.78, 5) is 0. The smallest absolute Gasteiger partial charge is 0.0577 e. The maximum absolute atomic E-state index is 9.04. The average molecular weight is 149 g/mol. The van der Waals surface area contributed by atoms with Crippen molar-refractivity contribution in [1.29, 1.82) is 0 Å². The van der Waals surface area contributed by atoms with Crippen molar-refractivity contribution in [3.05, 3.63) is 0 Å². The Balaban J connectivity index is 3.16. The highest BCUT2D eigenvalue weighted by Crippen LogP contribution is 2.00. The van der Waals surface area contributed by atoms with Crippen LogP contribution in [0.5, 0.6) is 0 Å². The lowest BCUT2D eigenvalue weighted by molar-refractivity contribution is 0.0727. The second kappa shape index (κ2) is 5.61. The van der Waals surface area contributed by atoms with Crippen LogP contribution in [-0.4, -0.2) is 34.2 Å². The van der Waals surface area contributed by atoms with Crippen LogP contribution in [-0.2, 0) is 0 Å². The molecule has 0 rings (SSSR count). The van der Waals surface area contributed by atoms with Crippen LogP contribution < -0.4 is 5.48 Å². The van der Waals surface area contributed by atoms with Gasteiger partial charge in [0.1, 0.15) is 0 Å². The molecule has 10 heavy (non-hydrogen) atoms. The number of rotatable bonds is 5. The fraction of sp³-hybridized carbons (Fsp3) is 1.00. The predicted molar refractivity (Wildman–Crippen MR) is 36.7 cm³/mol. The molecule has 62 valence electrons. The molecule has 0 bridgehead atoms. The molecule has 0 aliphatic heterocycles. The molecule has 0 aromatic carbocycles. The molecule has 4 heteroatoms. The van der Waals surface area contributed by atoms with E-state index in [1.807, 2.05) is 5.48 Å². The molecule has 0 aromatic rings. The fourth-order valence-electron chi connectivity index (χ4n) is 0.743. The van der Waals surface area contributed by atoms with Crippen LogP contribution in [0.1, 0.15) is 19.8 Å². The molecular weight excluding hydrogens is 134 g/mol. The van der Waals surface area contributed by atoms with E-state index in [4.69, 9.17) is 15.4 Å². The van der Waals surface area contributed by atoms with Crippen LogP contribution in [0.15, 0.2) is 0 Å². The first-order chi connectivity index (χ1) is 4.66. The van der Waals surface area contributed by atoms with Crippen LogP contribution in [0, 0.1) is 0 Å². The molecule has 0 aliphatic rings. The summed E-state index contributed by atoms with van der Waals surface area (Å²) < 4.78 is 0. The Morgan fingerprint density at radius 1 is 1.40 bits per heavy atom.